The van der Waals surface area contributed by atoms with Gasteiger partial charge in [-0.3, -0.25) is 4.79 Å². The number of methoxy groups -OCH3 is 1. The fourth-order valence-electron chi connectivity index (χ4n) is 3.36. The van der Waals surface area contributed by atoms with Crippen LogP contribution in [-0.2, 0) is 0 Å². The summed E-state index contributed by atoms with van der Waals surface area (Å²) >= 11 is 0. The third-order valence-corrected chi connectivity index (χ3v) is 4.76. The molecular formula is C21H22N2O3. The molecule has 0 radical (unpaired) electrons. The zero-order valence-corrected chi connectivity index (χ0v) is 14.8. The molecule has 0 aromatic heterocycles. The average Bonchev–Trinajstić information content (AvgIpc) is 3.51. The number of fused-ring (bicyclic) bond motifs is 1. The number of nitrogens with zero attached hydrogens (tertiary/aromatic N) is 1. The van der Waals surface area contributed by atoms with Crippen LogP contribution in [0.5, 0.6) is 11.5 Å². The Bertz CT molecular complexity index is 845. The van der Waals surface area contributed by atoms with Crippen molar-refractivity contribution >= 4 is 11.6 Å². The van der Waals surface area contributed by atoms with Crippen molar-refractivity contribution in [1.82, 2.24) is 4.90 Å². The lowest BCUT2D eigenvalue weighted by Crippen LogP contribution is -2.44. The maximum atomic E-state index is 13.1. The van der Waals surface area contributed by atoms with E-state index in [2.05, 4.69) is 11.9 Å². The minimum atomic E-state index is -0.216. The molecule has 0 bridgehead atoms. The first-order valence-corrected chi connectivity index (χ1v) is 8.83. The van der Waals surface area contributed by atoms with E-state index in [1.807, 2.05) is 47.4 Å². The van der Waals surface area contributed by atoms with Crippen LogP contribution in [-0.4, -0.2) is 30.6 Å². The molecule has 26 heavy (non-hydrogen) atoms. The Balaban J connectivity index is 1.71. The van der Waals surface area contributed by atoms with Crippen LogP contribution in [0, 0.1) is 0 Å². The summed E-state index contributed by atoms with van der Waals surface area (Å²) in [5.74, 6) is 1.39. The molecular weight excluding hydrogens is 328 g/mol. The molecule has 1 aliphatic carbocycles. The normalized spacial score (nSPS) is 18.7. The third kappa shape index (κ3) is 2.90. The van der Waals surface area contributed by atoms with Crippen molar-refractivity contribution < 1.29 is 14.3 Å². The molecule has 1 atom stereocenters. The van der Waals surface area contributed by atoms with E-state index in [1.54, 1.807) is 13.2 Å². The van der Waals surface area contributed by atoms with E-state index in [0.717, 1.165) is 29.7 Å². The van der Waals surface area contributed by atoms with E-state index < -0.39 is 0 Å². The van der Waals surface area contributed by atoms with E-state index in [9.17, 15) is 4.79 Å². The summed E-state index contributed by atoms with van der Waals surface area (Å²) in [6.45, 7) is 4.08. The molecule has 5 nitrogen and oxygen atoms in total. The Labute approximate surface area is 153 Å². The Kier molecular flexibility index (Phi) is 4.29. The van der Waals surface area contributed by atoms with Gasteiger partial charge in [0.1, 0.15) is 12.8 Å². The van der Waals surface area contributed by atoms with Crippen LogP contribution >= 0.6 is 0 Å². The maximum Gasteiger partial charge on any atom is 0.258 e. The van der Waals surface area contributed by atoms with Gasteiger partial charge >= 0.3 is 0 Å². The van der Waals surface area contributed by atoms with Crippen LogP contribution in [0.25, 0.3) is 0 Å². The van der Waals surface area contributed by atoms with Gasteiger partial charge in [0.25, 0.3) is 5.91 Å². The molecule has 1 fully saturated rings. The van der Waals surface area contributed by atoms with Gasteiger partial charge in [-0.1, -0.05) is 30.9 Å². The molecule has 1 saturated carbocycles. The molecule has 134 valence electrons. The minimum absolute atomic E-state index is 0.0813. The van der Waals surface area contributed by atoms with Crippen LogP contribution in [0.4, 0.5) is 5.69 Å². The summed E-state index contributed by atoms with van der Waals surface area (Å²) in [6, 6.07) is 13.8. The van der Waals surface area contributed by atoms with Gasteiger partial charge in [-0.25, -0.2) is 0 Å². The van der Waals surface area contributed by atoms with Crippen molar-refractivity contribution in [2.45, 2.75) is 25.0 Å². The van der Waals surface area contributed by atoms with Gasteiger partial charge in [-0.15, -0.1) is 0 Å². The first-order chi connectivity index (χ1) is 12.7. The smallest absolute Gasteiger partial charge is 0.258 e. The van der Waals surface area contributed by atoms with Gasteiger partial charge in [0, 0.05) is 11.7 Å². The predicted octanol–water partition coefficient (Wildman–Crippen LogP) is 3.99. The van der Waals surface area contributed by atoms with Gasteiger partial charge in [-0.2, -0.15) is 0 Å². The molecule has 2 aliphatic rings. The number of carbonyl (C=O) groups excluding carboxylic acids is 1. The van der Waals surface area contributed by atoms with Crippen LogP contribution in [0.15, 0.2) is 55.1 Å². The van der Waals surface area contributed by atoms with Gasteiger partial charge in [0.05, 0.1) is 12.7 Å². The van der Waals surface area contributed by atoms with Crippen molar-refractivity contribution in [1.29, 1.82) is 0 Å². The van der Waals surface area contributed by atoms with Gasteiger partial charge in [0.15, 0.2) is 11.5 Å². The highest BCUT2D eigenvalue weighted by molar-refractivity contribution is 6.02. The molecule has 0 spiro atoms. The van der Waals surface area contributed by atoms with E-state index in [0.29, 0.717) is 18.1 Å². The number of nitrogens with one attached hydrogen (secondary N) is 1. The number of benzene rings is 2. The van der Waals surface area contributed by atoms with Gasteiger partial charge in [-0.05, 0) is 42.7 Å². The van der Waals surface area contributed by atoms with Gasteiger partial charge in [0.2, 0.25) is 0 Å². The minimum Gasteiger partial charge on any atom is -0.493 e. The largest absolute Gasteiger partial charge is 0.493 e. The highest BCUT2D eigenvalue weighted by Crippen LogP contribution is 2.42. The second kappa shape index (κ2) is 6.75. The fourth-order valence-corrected chi connectivity index (χ4v) is 3.36. The summed E-state index contributed by atoms with van der Waals surface area (Å²) in [6.07, 6.45) is 3.57. The number of hydrogen-bond acceptors (Lipinski definition) is 4. The second-order valence-electron chi connectivity index (χ2n) is 6.55. The van der Waals surface area contributed by atoms with Crippen LogP contribution < -0.4 is 14.8 Å². The van der Waals surface area contributed by atoms with Crippen LogP contribution in [0.2, 0.25) is 0 Å². The van der Waals surface area contributed by atoms with Crippen molar-refractivity contribution in [2.75, 3.05) is 19.0 Å². The molecule has 1 N–H and O–H groups in total. The second-order valence-corrected chi connectivity index (χ2v) is 6.55. The van der Waals surface area contributed by atoms with Crippen LogP contribution in [0.1, 0.15) is 34.9 Å². The summed E-state index contributed by atoms with van der Waals surface area (Å²) in [4.78, 5) is 15.0. The fraction of sp³-hybridized carbons (Fsp3) is 0.286. The predicted molar refractivity (Wildman–Crippen MR) is 101 cm³/mol. The summed E-state index contributed by atoms with van der Waals surface area (Å²) in [7, 11) is 1.62. The number of anilines is 1. The number of para-hydroxylation sites is 1. The highest BCUT2D eigenvalue weighted by atomic mass is 16.5. The molecule has 2 aromatic carbocycles. The number of ether oxygens (including phenoxy) is 2. The molecule has 5 heteroatoms. The van der Waals surface area contributed by atoms with Crippen LogP contribution in [0.3, 0.4) is 0 Å². The number of carbonyl (C=O) groups is 1. The third-order valence-electron chi connectivity index (χ3n) is 4.76. The Morgan fingerprint density at radius 3 is 2.77 bits per heavy atom. The van der Waals surface area contributed by atoms with Crippen molar-refractivity contribution in [3.8, 4) is 11.5 Å². The zero-order chi connectivity index (χ0) is 18.1. The van der Waals surface area contributed by atoms with E-state index in [1.165, 1.54) is 0 Å². The molecule has 0 unspecified atom stereocenters. The Morgan fingerprint density at radius 1 is 1.23 bits per heavy atom. The molecule has 1 heterocycles. The lowest BCUT2D eigenvalue weighted by Gasteiger charge is -2.38. The van der Waals surface area contributed by atoms with Gasteiger partial charge < -0.3 is 19.7 Å². The first-order valence-electron chi connectivity index (χ1n) is 8.83. The highest BCUT2D eigenvalue weighted by Gasteiger charge is 2.42. The summed E-state index contributed by atoms with van der Waals surface area (Å²) in [5, 5.41) is 3.52. The molecule has 1 aliphatic heterocycles. The summed E-state index contributed by atoms with van der Waals surface area (Å²) in [5.41, 5.74) is 2.57. The molecule has 0 saturated heterocycles. The standard InChI is InChI=1S/C21H22N2O3/c1-3-12-26-18-11-8-14(13-19(18)25-2)20-22-17-7-5-4-6-16(17)21(24)23(20)15-9-10-15/h3-8,11,13,15,20,22H,1,9-10,12H2,2H3/t20-/m0/s1. The molecule has 2 aromatic rings. The SMILES string of the molecule is C=CCOc1ccc([C@H]2Nc3ccccc3C(=O)N2C2CC2)cc1OC. The topological polar surface area (TPSA) is 50.8 Å². The quantitative estimate of drug-likeness (QED) is 0.801. The zero-order valence-electron chi connectivity index (χ0n) is 14.8. The Morgan fingerprint density at radius 2 is 2.04 bits per heavy atom. The number of amides is 1. The number of rotatable bonds is 6. The lowest BCUT2D eigenvalue weighted by atomic mass is 10.0. The first kappa shape index (κ1) is 16.5. The summed E-state index contributed by atoms with van der Waals surface area (Å²) < 4.78 is 11.1. The lowest BCUT2D eigenvalue weighted by molar-refractivity contribution is 0.0666. The monoisotopic (exact) mass is 350 g/mol. The van der Waals surface area contributed by atoms with E-state index in [-0.39, 0.29) is 18.1 Å². The van der Waals surface area contributed by atoms with Crippen molar-refractivity contribution in [2.24, 2.45) is 0 Å². The average molecular weight is 350 g/mol. The number of hydrogen-bond donors (Lipinski definition) is 1. The van der Waals surface area contributed by atoms with Crippen molar-refractivity contribution in [3.63, 3.8) is 0 Å². The maximum absolute atomic E-state index is 13.1. The van der Waals surface area contributed by atoms with E-state index >= 15 is 0 Å². The van der Waals surface area contributed by atoms with E-state index in [4.69, 9.17) is 9.47 Å². The van der Waals surface area contributed by atoms with Crippen molar-refractivity contribution in [3.05, 3.63) is 66.2 Å². The molecule has 1 amide bonds. The molecule has 4 rings (SSSR count). The Hall–Kier alpha value is -2.95.